The fourth-order valence-electron chi connectivity index (χ4n) is 8.22. The summed E-state index contributed by atoms with van der Waals surface area (Å²) in [6.07, 6.45) is -2.36. The molecule has 4 heterocycles. The van der Waals surface area contributed by atoms with Gasteiger partial charge in [0, 0.05) is 62.7 Å². The fourth-order valence-corrected chi connectivity index (χ4v) is 9.03. The first-order valence-corrected chi connectivity index (χ1v) is 23.9. The first-order chi connectivity index (χ1) is 32.9. The number of aromatic hydroxyl groups is 1. The number of aryl methyl sites for hydroxylation is 1. The van der Waals surface area contributed by atoms with Gasteiger partial charge in [-0.3, -0.25) is 19.3 Å². The molecule has 374 valence electrons. The van der Waals surface area contributed by atoms with Crippen molar-refractivity contribution < 1.29 is 61.2 Å². The van der Waals surface area contributed by atoms with Gasteiger partial charge < -0.3 is 44.9 Å². The number of aromatic nitrogens is 1. The number of carboxylic acid groups (broad SMARTS) is 1. The zero-order valence-electron chi connectivity index (χ0n) is 39.0. The van der Waals surface area contributed by atoms with Crippen LogP contribution in [-0.2, 0) is 49.8 Å². The summed E-state index contributed by atoms with van der Waals surface area (Å²) in [5.41, 5.74) is 4.68. The molecule has 1 spiro atoms. The monoisotopic (exact) mass is 984 g/mol. The highest BCUT2D eigenvalue weighted by Crippen LogP contribution is 2.39. The number of carbonyl (C=O) groups excluding carboxylic acids is 3. The number of phenolic OH excluding ortho intramolecular Hbond substituents is 1. The number of benzene rings is 3. The van der Waals surface area contributed by atoms with Gasteiger partial charge in [0.05, 0.1) is 43.4 Å². The molecule has 2 fully saturated rings. The van der Waals surface area contributed by atoms with E-state index in [9.17, 15) is 32.7 Å². The van der Waals surface area contributed by atoms with Gasteiger partial charge >= 0.3 is 12.1 Å². The van der Waals surface area contributed by atoms with Crippen LogP contribution in [0.25, 0.3) is 0 Å². The molecule has 0 bridgehead atoms. The van der Waals surface area contributed by atoms with Crippen LogP contribution in [0.3, 0.4) is 0 Å². The number of thiazole rings is 1. The van der Waals surface area contributed by atoms with E-state index in [4.69, 9.17) is 24.1 Å². The number of carboxylic acids is 1. The SMILES string of the molecule is Cc1ccc(CN(CCNCCc2ccc(O)c3c2OCC(=O)N3)C(=O)CCOCCc2cccc(CN3CCC4(CC3)CN(C(=O)c3csc(C(C)C)n3)CCO4)c2F)cc1.O=C(O)C(F)(F)F. The summed E-state index contributed by atoms with van der Waals surface area (Å²) in [7, 11) is 0. The molecule has 2 saturated heterocycles. The molecule has 3 aromatic carbocycles. The van der Waals surface area contributed by atoms with E-state index in [0.717, 1.165) is 47.6 Å². The molecule has 0 radical (unpaired) electrons. The lowest BCUT2D eigenvalue weighted by Gasteiger charge is -2.47. The second-order valence-corrected chi connectivity index (χ2v) is 18.5. The number of amides is 3. The molecule has 0 atom stereocenters. The normalized spacial score (nSPS) is 15.8. The van der Waals surface area contributed by atoms with Gasteiger partial charge in [0.25, 0.3) is 11.8 Å². The molecule has 3 aliphatic rings. The van der Waals surface area contributed by atoms with E-state index >= 15 is 4.39 Å². The summed E-state index contributed by atoms with van der Waals surface area (Å²) in [5.74, 6) is -2.62. The first kappa shape index (κ1) is 52.7. The molecular weight excluding hydrogens is 925 g/mol. The molecule has 4 aromatic rings. The summed E-state index contributed by atoms with van der Waals surface area (Å²) in [5, 5.41) is 26.2. The number of alkyl halides is 3. The Morgan fingerprint density at radius 3 is 2.42 bits per heavy atom. The Bertz CT molecular complexity index is 2390. The van der Waals surface area contributed by atoms with E-state index in [2.05, 4.69) is 34.4 Å². The topological polar surface area (TPSA) is 183 Å². The van der Waals surface area contributed by atoms with Gasteiger partial charge in [-0.15, -0.1) is 11.3 Å². The van der Waals surface area contributed by atoms with Crippen LogP contribution in [0.5, 0.6) is 11.5 Å². The molecule has 0 unspecified atom stereocenters. The molecule has 7 rings (SSSR count). The second kappa shape index (κ2) is 24.2. The Hall–Kier alpha value is -5.67. The summed E-state index contributed by atoms with van der Waals surface area (Å²) in [6, 6.07) is 17.0. The van der Waals surface area contributed by atoms with Crippen molar-refractivity contribution in [3.05, 3.63) is 104 Å². The number of morpholine rings is 1. The standard InChI is InChI=1S/C47H59FN6O7S.C2HF3O2/c1-32(2)45-50-38(30-62-45)46(58)54-23-26-61-47(31-54)16-20-52(21-17-47)28-37-6-4-5-35(42(37)48)14-24-59-25-15-41(57)53(27-34-9-7-33(3)8-10-34)22-19-49-18-13-36-11-12-39(55)43-44(36)60-29-40(56)51-43;3-2(4,5)1(6)7/h4-12,30,32,49,55H,13-29,31H2,1-3H3,(H,51,56);(H,6,7). The van der Waals surface area contributed by atoms with Crippen molar-refractivity contribution >= 4 is 40.7 Å². The van der Waals surface area contributed by atoms with Crippen LogP contribution < -0.4 is 15.4 Å². The smallest absolute Gasteiger partial charge is 0.490 e. The van der Waals surface area contributed by atoms with E-state index in [1.807, 2.05) is 58.5 Å². The van der Waals surface area contributed by atoms with Crippen molar-refractivity contribution in [2.45, 2.75) is 83.7 Å². The van der Waals surface area contributed by atoms with Gasteiger partial charge in [-0.2, -0.15) is 13.2 Å². The van der Waals surface area contributed by atoms with Crippen molar-refractivity contribution in [1.29, 1.82) is 0 Å². The number of hydrogen-bond acceptors (Lipinski definition) is 12. The number of nitrogens with one attached hydrogen (secondary N) is 2. The molecule has 69 heavy (non-hydrogen) atoms. The lowest BCUT2D eigenvalue weighted by atomic mass is 9.89. The molecule has 1 aromatic heterocycles. The Balaban J connectivity index is 0.00000104. The molecule has 4 N–H and O–H groups in total. The Kier molecular flexibility index (Phi) is 18.5. The van der Waals surface area contributed by atoms with E-state index in [0.29, 0.717) is 100 Å². The minimum Gasteiger partial charge on any atom is -0.506 e. The van der Waals surface area contributed by atoms with Crippen molar-refractivity contribution in [3.63, 3.8) is 0 Å². The van der Waals surface area contributed by atoms with Crippen molar-refractivity contribution in [2.75, 3.05) is 77.6 Å². The Morgan fingerprint density at radius 1 is 1.00 bits per heavy atom. The average Bonchev–Trinajstić information content (AvgIpc) is 3.83. The number of piperidine rings is 1. The maximum atomic E-state index is 15.8. The summed E-state index contributed by atoms with van der Waals surface area (Å²) in [4.78, 5) is 58.0. The average molecular weight is 985 g/mol. The number of aliphatic carboxylic acids is 1. The number of rotatable bonds is 18. The lowest BCUT2D eigenvalue weighted by molar-refractivity contribution is -0.192. The third-order valence-corrected chi connectivity index (χ3v) is 13.3. The number of halogens is 4. The van der Waals surface area contributed by atoms with Crippen molar-refractivity contribution in [1.82, 2.24) is 25.0 Å². The van der Waals surface area contributed by atoms with Crippen LogP contribution in [0, 0.1) is 12.7 Å². The van der Waals surface area contributed by atoms with Gasteiger partial charge in [0.1, 0.15) is 22.9 Å². The summed E-state index contributed by atoms with van der Waals surface area (Å²) in [6.45, 7) is 12.3. The number of carbonyl (C=O) groups is 4. The van der Waals surface area contributed by atoms with Crippen LogP contribution in [0.4, 0.5) is 23.2 Å². The van der Waals surface area contributed by atoms with Crippen molar-refractivity contribution in [3.8, 4) is 11.5 Å². The third kappa shape index (κ3) is 14.9. The van der Waals surface area contributed by atoms with E-state index < -0.39 is 17.7 Å². The number of fused-ring (bicyclic) bond motifs is 1. The number of anilines is 1. The molecule has 3 amide bonds. The molecule has 20 heteroatoms. The fraction of sp³-hybridized carbons (Fsp3) is 0.490. The maximum absolute atomic E-state index is 15.8. The quantitative estimate of drug-likeness (QED) is 0.0471. The van der Waals surface area contributed by atoms with Gasteiger partial charge in [0.15, 0.2) is 12.4 Å². The van der Waals surface area contributed by atoms with Crippen LogP contribution in [0.15, 0.2) is 60.0 Å². The van der Waals surface area contributed by atoms with Gasteiger partial charge in [-0.25, -0.2) is 14.2 Å². The van der Waals surface area contributed by atoms with E-state index in [1.165, 1.54) is 11.3 Å². The van der Waals surface area contributed by atoms with Crippen LogP contribution >= 0.6 is 11.3 Å². The largest absolute Gasteiger partial charge is 0.506 e. The second-order valence-electron chi connectivity index (χ2n) is 17.7. The van der Waals surface area contributed by atoms with Crippen LogP contribution in [-0.4, -0.2) is 138 Å². The highest BCUT2D eigenvalue weighted by atomic mass is 32.1. The van der Waals surface area contributed by atoms with Crippen molar-refractivity contribution in [2.24, 2.45) is 0 Å². The van der Waals surface area contributed by atoms with E-state index in [1.54, 1.807) is 18.2 Å². The number of hydrogen-bond donors (Lipinski definition) is 4. The summed E-state index contributed by atoms with van der Waals surface area (Å²) < 4.78 is 65.4. The Labute approximate surface area is 402 Å². The predicted molar refractivity (Wildman–Crippen MR) is 250 cm³/mol. The lowest BCUT2D eigenvalue weighted by Crippen LogP contribution is -2.58. The number of ether oxygens (including phenoxy) is 3. The van der Waals surface area contributed by atoms with Gasteiger partial charge in [-0.05, 0) is 61.9 Å². The molecule has 3 aliphatic heterocycles. The highest BCUT2D eigenvalue weighted by molar-refractivity contribution is 7.09. The molecule has 0 aliphatic carbocycles. The zero-order valence-corrected chi connectivity index (χ0v) is 39.9. The first-order valence-electron chi connectivity index (χ1n) is 23.0. The van der Waals surface area contributed by atoms with Gasteiger partial charge in [-0.1, -0.05) is 67.9 Å². The zero-order chi connectivity index (χ0) is 49.7. The molecular formula is C49H60F4N6O9S. The van der Waals surface area contributed by atoms with E-state index in [-0.39, 0.29) is 54.8 Å². The minimum atomic E-state index is -5.08. The third-order valence-electron chi connectivity index (χ3n) is 12.1. The van der Waals surface area contributed by atoms with Gasteiger partial charge in [0.2, 0.25) is 5.91 Å². The predicted octanol–water partition coefficient (Wildman–Crippen LogP) is 6.70. The van der Waals surface area contributed by atoms with Crippen LogP contribution in [0.2, 0.25) is 0 Å². The molecule has 15 nitrogen and oxygen atoms in total. The van der Waals surface area contributed by atoms with Crippen LogP contribution in [0.1, 0.15) is 82.3 Å². The molecule has 0 saturated carbocycles. The minimum absolute atomic E-state index is 0.0294. The number of likely N-dealkylation sites (tertiary alicyclic amines) is 1. The number of nitrogens with zero attached hydrogens (tertiary/aromatic N) is 4. The maximum Gasteiger partial charge on any atom is 0.490 e. The highest BCUT2D eigenvalue weighted by Gasteiger charge is 2.42. The summed E-state index contributed by atoms with van der Waals surface area (Å²) >= 11 is 1.53. The Morgan fingerprint density at radius 2 is 1.72 bits per heavy atom. The number of phenols is 1.